The molecule has 2 rings (SSSR count). The topological polar surface area (TPSA) is 48.1 Å². The van der Waals surface area contributed by atoms with Gasteiger partial charge in [0.25, 0.3) is 0 Å². The number of ether oxygens (including phenoxy) is 1. The Balaban J connectivity index is 2.64. The van der Waals surface area contributed by atoms with Crippen LogP contribution in [0.15, 0.2) is 12.1 Å². The largest absolute Gasteiger partial charge is 0.496 e. The average molecular weight is 276 g/mol. The fraction of sp³-hybridized carbons (Fsp3) is 0.400. The number of aryl methyl sites for hydroxylation is 2. The Kier molecular flexibility index (Phi) is 3.80. The molecule has 0 unspecified atom stereocenters. The molecule has 0 bridgehead atoms. The monoisotopic (exact) mass is 276 g/mol. The summed E-state index contributed by atoms with van der Waals surface area (Å²) in [6, 6.07) is 4.22. The van der Waals surface area contributed by atoms with Gasteiger partial charge in [0, 0.05) is 5.56 Å². The van der Waals surface area contributed by atoms with Gasteiger partial charge in [0.2, 0.25) is 0 Å². The van der Waals surface area contributed by atoms with Crippen molar-refractivity contribution >= 4 is 16.3 Å². The summed E-state index contributed by atoms with van der Waals surface area (Å²) in [5, 5.41) is 1.77. The Morgan fingerprint density at radius 2 is 1.95 bits per heavy atom. The Hall–Kier alpha value is -1.55. The maximum atomic E-state index is 6.06. The zero-order chi connectivity index (χ0) is 14.2. The molecule has 0 saturated carbocycles. The predicted octanol–water partition coefficient (Wildman–Crippen LogP) is 4.14. The Labute approximate surface area is 118 Å². The highest BCUT2D eigenvalue weighted by Crippen LogP contribution is 2.37. The third-order valence-electron chi connectivity index (χ3n) is 3.21. The standard InChI is InChI=1S/C15H20N2OS/c1-8(2)11-7-12(9(3)6-13(11)18-5)14-15(16)19-10(4)17-14/h6-8H,16H2,1-5H3. The van der Waals surface area contributed by atoms with E-state index in [2.05, 4.69) is 37.9 Å². The van der Waals surface area contributed by atoms with Gasteiger partial charge in [-0.25, -0.2) is 4.98 Å². The van der Waals surface area contributed by atoms with Crippen molar-refractivity contribution in [2.45, 2.75) is 33.6 Å². The van der Waals surface area contributed by atoms with Crippen molar-refractivity contribution in [3.8, 4) is 17.0 Å². The van der Waals surface area contributed by atoms with E-state index in [1.54, 1.807) is 7.11 Å². The van der Waals surface area contributed by atoms with Crippen LogP contribution in [0.4, 0.5) is 5.00 Å². The third kappa shape index (κ3) is 2.59. The number of anilines is 1. The minimum Gasteiger partial charge on any atom is -0.496 e. The van der Waals surface area contributed by atoms with Crippen LogP contribution in [0.5, 0.6) is 5.75 Å². The van der Waals surface area contributed by atoms with E-state index in [1.807, 2.05) is 6.92 Å². The van der Waals surface area contributed by atoms with Crippen molar-refractivity contribution < 1.29 is 4.74 Å². The van der Waals surface area contributed by atoms with Crippen LogP contribution in [-0.4, -0.2) is 12.1 Å². The molecule has 0 saturated heterocycles. The highest BCUT2D eigenvalue weighted by molar-refractivity contribution is 7.16. The highest BCUT2D eigenvalue weighted by Gasteiger charge is 2.16. The smallest absolute Gasteiger partial charge is 0.122 e. The van der Waals surface area contributed by atoms with Crippen LogP contribution in [0, 0.1) is 13.8 Å². The van der Waals surface area contributed by atoms with E-state index in [1.165, 1.54) is 16.9 Å². The number of rotatable bonds is 3. The summed E-state index contributed by atoms with van der Waals surface area (Å²) in [5.41, 5.74) is 10.4. The van der Waals surface area contributed by atoms with Crippen LogP contribution in [0.1, 0.15) is 35.9 Å². The number of methoxy groups -OCH3 is 1. The number of nitrogen functional groups attached to an aromatic ring is 1. The van der Waals surface area contributed by atoms with E-state index in [-0.39, 0.29) is 0 Å². The molecule has 0 fully saturated rings. The molecule has 0 atom stereocenters. The van der Waals surface area contributed by atoms with Crippen molar-refractivity contribution in [3.63, 3.8) is 0 Å². The molecule has 2 N–H and O–H groups in total. The van der Waals surface area contributed by atoms with Crippen molar-refractivity contribution in [1.29, 1.82) is 0 Å². The summed E-state index contributed by atoms with van der Waals surface area (Å²) >= 11 is 1.53. The van der Waals surface area contributed by atoms with Gasteiger partial charge in [-0.2, -0.15) is 0 Å². The quantitative estimate of drug-likeness (QED) is 0.916. The number of thiazole rings is 1. The normalized spacial score (nSPS) is 11.1. The molecule has 1 heterocycles. The first-order valence-corrected chi connectivity index (χ1v) is 7.17. The van der Waals surface area contributed by atoms with Gasteiger partial charge in [-0.05, 0) is 43.0 Å². The molecule has 1 aromatic heterocycles. The third-order valence-corrected chi connectivity index (χ3v) is 4.01. The van der Waals surface area contributed by atoms with Crippen molar-refractivity contribution in [3.05, 3.63) is 28.3 Å². The number of aromatic nitrogens is 1. The molecular formula is C15H20N2OS. The molecule has 2 aromatic rings. The lowest BCUT2D eigenvalue weighted by Crippen LogP contribution is -1.98. The van der Waals surface area contributed by atoms with Crippen LogP contribution in [0.2, 0.25) is 0 Å². The van der Waals surface area contributed by atoms with Crippen LogP contribution in [0.3, 0.4) is 0 Å². The lowest BCUT2D eigenvalue weighted by Gasteiger charge is -2.15. The molecule has 4 heteroatoms. The Morgan fingerprint density at radius 3 is 2.42 bits per heavy atom. The molecular weight excluding hydrogens is 256 g/mol. The SMILES string of the molecule is COc1cc(C)c(-c2nc(C)sc2N)cc1C(C)C. The second-order valence-corrected chi connectivity index (χ2v) is 6.24. The van der Waals surface area contributed by atoms with Gasteiger partial charge < -0.3 is 10.5 Å². The average Bonchev–Trinajstić information content (AvgIpc) is 2.67. The van der Waals surface area contributed by atoms with E-state index in [0.29, 0.717) is 5.92 Å². The first-order chi connectivity index (χ1) is 8.93. The second kappa shape index (κ2) is 5.21. The van der Waals surface area contributed by atoms with E-state index >= 15 is 0 Å². The minimum atomic E-state index is 0.398. The van der Waals surface area contributed by atoms with E-state index in [0.717, 1.165) is 32.6 Å². The van der Waals surface area contributed by atoms with E-state index < -0.39 is 0 Å². The number of benzene rings is 1. The molecule has 0 aliphatic heterocycles. The summed E-state index contributed by atoms with van der Waals surface area (Å²) < 4.78 is 5.46. The Bertz CT molecular complexity index is 602. The van der Waals surface area contributed by atoms with Crippen LogP contribution in [-0.2, 0) is 0 Å². The summed E-state index contributed by atoms with van der Waals surface area (Å²) in [5.74, 6) is 1.33. The van der Waals surface area contributed by atoms with Crippen molar-refractivity contribution in [2.24, 2.45) is 0 Å². The molecule has 19 heavy (non-hydrogen) atoms. The number of hydrogen-bond donors (Lipinski definition) is 1. The summed E-state index contributed by atoms with van der Waals surface area (Å²) in [4.78, 5) is 4.55. The molecule has 0 spiro atoms. The van der Waals surface area contributed by atoms with Crippen LogP contribution in [0.25, 0.3) is 11.3 Å². The zero-order valence-corrected chi connectivity index (χ0v) is 12.9. The molecule has 0 aliphatic carbocycles. The van der Waals surface area contributed by atoms with E-state index in [9.17, 15) is 0 Å². The second-order valence-electron chi connectivity index (χ2n) is 5.01. The molecule has 0 aliphatic rings. The maximum absolute atomic E-state index is 6.06. The van der Waals surface area contributed by atoms with E-state index in [4.69, 9.17) is 10.5 Å². The summed E-state index contributed by atoms with van der Waals surface area (Å²) in [6.07, 6.45) is 0. The fourth-order valence-electron chi connectivity index (χ4n) is 2.22. The first-order valence-electron chi connectivity index (χ1n) is 6.35. The van der Waals surface area contributed by atoms with Gasteiger partial charge in [0.1, 0.15) is 16.4 Å². The van der Waals surface area contributed by atoms with Crippen molar-refractivity contribution in [1.82, 2.24) is 4.98 Å². The lowest BCUT2D eigenvalue weighted by atomic mass is 9.95. The number of nitrogens with two attached hydrogens (primary N) is 1. The van der Waals surface area contributed by atoms with Gasteiger partial charge in [-0.15, -0.1) is 11.3 Å². The molecule has 0 amide bonds. The first kappa shape index (κ1) is 13.9. The molecule has 3 nitrogen and oxygen atoms in total. The van der Waals surface area contributed by atoms with Gasteiger partial charge in [-0.3, -0.25) is 0 Å². The molecule has 0 radical (unpaired) electrons. The number of nitrogens with zero attached hydrogens (tertiary/aromatic N) is 1. The Morgan fingerprint density at radius 1 is 1.26 bits per heavy atom. The lowest BCUT2D eigenvalue weighted by molar-refractivity contribution is 0.407. The van der Waals surface area contributed by atoms with Crippen LogP contribution < -0.4 is 10.5 Å². The van der Waals surface area contributed by atoms with Gasteiger partial charge in [-0.1, -0.05) is 13.8 Å². The van der Waals surface area contributed by atoms with Crippen molar-refractivity contribution in [2.75, 3.05) is 12.8 Å². The summed E-state index contributed by atoms with van der Waals surface area (Å²) in [7, 11) is 1.71. The predicted molar refractivity (Wildman–Crippen MR) is 82.1 cm³/mol. The summed E-state index contributed by atoms with van der Waals surface area (Å²) in [6.45, 7) is 8.36. The fourth-order valence-corrected chi connectivity index (χ4v) is 2.92. The van der Waals surface area contributed by atoms with Crippen LogP contribution >= 0.6 is 11.3 Å². The molecule has 102 valence electrons. The van der Waals surface area contributed by atoms with Gasteiger partial charge >= 0.3 is 0 Å². The number of hydrogen-bond acceptors (Lipinski definition) is 4. The molecule has 1 aromatic carbocycles. The van der Waals surface area contributed by atoms with Gasteiger partial charge in [0.05, 0.1) is 12.1 Å². The minimum absolute atomic E-state index is 0.398. The van der Waals surface area contributed by atoms with Gasteiger partial charge in [0.15, 0.2) is 0 Å². The zero-order valence-electron chi connectivity index (χ0n) is 12.1. The highest BCUT2D eigenvalue weighted by atomic mass is 32.1. The maximum Gasteiger partial charge on any atom is 0.122 e.